The first kappa shape index (κ1) is 27.8. The maximum atomic E-state index is 11.1. The van der Waals surface area contributed by atoms with Crippen molar-refractivity contribution in [2.45, 2.75) is 19.8 Å². The standard InChI is InChI=1S/C31H37N3O5/c1-8-34(15-9-10-30(35)36)25-19-26(37-6)24(18-29(25)38-7)31-22-13-11-20(32(2)3)16-27(22)39-28-17-21(33(4)5)12-14-23(28)31/h11-14,16-19H,8-10,15H2,1-7H3/p+1. The number of anilines is 2. The first-order valence-electron chi connectivity index (χ1n) is 13.1. The minimum atomic E-state index is -0.797. The normalized spacial score (nSPS) is 11.1. The van der Waals surface area contributed by atoms with Crippen LogP contribution in [-0.2, 0) is 4.79 Å². The van der Waals surface area contributed by atoms with E-state index < -0.39 is 5.97 Å². The summed E-state index contributed by atoms with van der Waals surface area (Å²) in [6, 6.07) is 16.5. The Kier molecular flexibility index (Phi) is 8.33. The van der Waals surface area contributed by atoms with Crippen LogP contribution in [-0.4, -0.2) is 66.6 Å². The number of carbonyl (C=O) groups is 1. The van der Waals surface area contributed by atoms with E-state index in [0.29, 0.717) is 31.0 Å². The van der Waals surface area contributed by atoms with Crippen molar-refractivity contribution >= 4 is 28.3 Å². The number of fused-ring (bicyclic) bond motifs is 2. The molecule has 0 fully saturated rings. The third kappa shape index (κ3) is 5.65. The monoisotopic (exact) mass is 532 g/mol. The van der Waals surface area contributed by atoms with Gasteiger partial charge in [0.2, 0.25) is 5.36 Å². The largest absolute Gasteiger partial charge is 0.496 e. The zero-order valence-electron chi connectivity index (χ0n) is 23.9. The van der Waals surface area contributed by atoms with Gasteiger partial charge in [0.25, 0.3) is 0 Å². The molecule has 1 N–H and O–H groups in total. The maximum Gasteiger partial charge on any atom is 0.303 e. The molecule has 1 heterocycles. The lowest BCUT2D eigenvalue weighted by atomic mass is 9.92. The zero-order chi connectivity index (χ0) is 28.3. The smallest absolute Gasteiger partial charge is 0.303 e. The van der Waals surface area contributed by atoms with Crippen LogP contribution >= 0.6 is 0 Å². The van der Waals surface area contributed by atoms with Crippen LogP contribution in [0.15, 0.2) is 52.9 Å². The highest BCUT2D eigenvalue weighted by atomic mass is 16.5. The summed E-state index contributed by atoms with van der Waals surface area (Å²) in [6.45, 7) is 3.35. The number of hydrogen-bond donors (Lipinski definition) is 1. The van der Waals surface area contributed by atoms with E-state index in [-0.39, 0.29) is 6.42 Å². The molecule has 0 amide bonds. The molecule has 0 atom stereocenters. The lowest BCUT2D eigenvalue weighted by Gasteiger charge is -2.27. The van der Waals surface area contributed by atoms with Gasteiger partial charge in [0.05, 0.1) is 26.0 Å². The summed E-state index contributed by atoms with van der Waals surface area (Å²) < 4.78 is 20.4. The number of methoxy groups -OCH3 is 2. The third-order valence-electron chi connectivity index (χ3n) is 7.03. The Morgan fingerprint density at radius 1 is 0.974 bits per heavy atom. The molecule has 4 rings (SSSR count). The second-order valence-corrected chi connectivity index (χ2v) is 9.93. The Morgan fingerprint density at radius 2 is 1.72 bits per heavy atom. The summed E-state index contributed by atoms with van der Waals surface area (Å²) in [6.07, 6.45) is 0.650. The van der Waals surface area contributed by atoms with Crippen molar-refractivity contribution in [2.75, 3.05) is 65.3 Å². The van der Waals surface area contributed by atoms with E-state index in [4.69, 9.17) is 19.0 Å². The minimum Gasteiger partial charge on any atom is -0.496 e. The van der Waals surface area contributed by atoms with Crippen molar-refractivity contribution in [2.24, 2.45) is 0 Å². The van der Waals surface area contributed by atoms with Crippen molar-refractivity contribution < 1.29 is 23.8 Å². The Balaban J connectivity index is 2.00. The molecule has 39 heavy (non-hydrogen) atoms. The molecule has 1 aliphatic carbocycles. The first-order valence-corrected chi connectivity index (χ1v) is 13.1. The fourth-order valence-electron chi connectivity index (χ4n) is 4.91. The lowest BCUT2D eigenvalue weighted by Crippen LogP contribution is -2.25. The highest BCUT2D eigenvalue weighted by Crippen LogP contribution is 2.47. The van der Waals surface area contributed by atoms with Crippen molar-refractivity contribution in [1.82, 2.24) is 4.58 Å². The average Bonchev–Trinajstić information content (AvgIpc) is 2.92. The summed E-state index contributed by atoms with van der Waals surface area (Å²) in [4.78, 5) is 15.3. The van der Waals surface area contributed by atoms with E-state index in [2.05, 4.69) is 50.8 Å². The molecule has 2 aliphatic rings. The molecule has 8 nitrogen and oxygen atoms in total. The molecule has 0 radical (unpaired) electrons. The number of benzene rings is 3. The minimum absolute atomic E-state index is 0.114. The first-order chi connectivity index (χ1) is 18.7. The maximum absolute atomic E-state index is 11.1. The van der Waals surface area contributed by atoms with Crippen molar-refractivity contribution in [3.05, 3.63) is 53.9 Å². The molecule has 2 aromatic carbocycles. The van der Waals surface area contributed by atoms with E-state index >= 15 is 0 Å². The number of carboxylic acids is 1. The molecular formula is C31H38N3O5+. The third-order valence-corrected chi connectivity index (χ3v) is 7.03. The summed E-state index contributed by atoms with van der Waals surface area (Å²) in [7, 11) is 11.4. The quantitative estimate of drug-likeness (QED) is 0.227. The SMILES string of the molecule is CCN(CCCC(=O)O)c1cc(OC)c(-c2c3ccc(=[N+](C)C)cc-3oc3cc(N(C)C)ccc23)cc1OC. The molecule has 0 saturated heterocycles. The second kappa shape index (κ2) is 11.7. The summed E-state index contributed by atoms with van der Waals surface area (Å²) in [5, 5.41) is 11.1. The van der Waals surface area contributed by atoms with E-state index in [1.54, 1.807) is 14.2 Å². The van der Waals surface area contributed by atoms with Crippen LogP contribution in [0.3, 0.4) is 0 Å². The highest BCUT2D eigenvalue weighted by molar-refractivity contribution is 6.04. The number of rotatable bonds is 10. The van der Waals surface area contributed by atoms with E-state index in [1.807, 2.05) is 47.2 Å². The summed E-state index contributed by atoms with van der Waals surface area (Å²) in [5.74, 6) is 1.37. The van der Waals surface area contributed by atoms with Crippen molar-refractivity contribution in [3.63, 3.8) is 0 Å². The Hall–Kier alpha value is -4.20. The number of carboxylic acid groups (broad SMARTS) is 1. The van der Waals surface area contributed by atoms with E-state index in [1.165, 1.54) is 0 Å². The van der Waals surface area contributed by atoms with Crippen LogP contribution in [0.25, 0.3) is 33.4 Å². The van der Waals surface area contributed by atoms with Crippen LogP contribution in [0, 0.1) is 0 Å². The molecule has 0 aromatic heterocycles. The van der Waals surface area contributed by atoms with E-state index in [9.17, 15) is 4.79 Å². The van der Waals surface area contributed by atoms with Crippen molar-refractivity contribution in [3.8, 4) is 33.9 Å². The average molecular weight is 533 g/mol. The highest BCUT2D eigenvalue weighted by Gasteiger charge is 2.24. The van der Waals surface area contributed by atoms with E-state index in [0.717, 1.165) is 50.2 Å². The molecule has 2 aromatic rings. The van der Waals surface area contributed by atoms with Crippen molar-refractivity contribution in [1.29, 1.82) is 0 Å². The second-order valence-electron chi connectivity index (χ2n) is 9.93. The number of aliphatic carboxylic acids is 1. The molecule has 0 spiro atoms. The Labute approximate surface area is 229 Å². The summed E-state index contributed by atoms with van der Waals surface area (Å²) in [5.41, 5.74) is 5.53. The molecule has 0 bridgehead atoms. The molecule has 0 saturated carbocycles. The molecule has 0 unspecified atom stereocenters. The van der Waals surface area contributed by atoms with Crippen LogP contribution in [0.4, 0.5) is 11.4 Å². The lowest BCUT2D eigenvalue weighted by molar-refractivity contribution is -0.137. The zero-order valence-corrected chi connectivity index (χ0v) is 23.9. The van der Waals surface area contributed by atoms with Gasteiger partial charge in [-0.1, -0.05) is 0 Å². The number of nitrogens with zero attached hydrogens (tertiary/aromatic N) is 3. The van der Waals surface area contributed by atoms with Gasteiger partial charge < -0.3 is 28.8 Å². The fourth-order valence-corrected chi connectivity index (χ4v) is 4.91. The molecule has 1 aliphatic heterocycles. The number of ether oxygens (including phenoxy) is 2. The van der Waals surface area contributed by atoms with Gasteiger partial charge in [-0.3, -0.25) is 4.79 Å². The van der Waals surface area contributed by atoms with Gasteiger partial charge in [-0.15, -0.1) is 0 Å². The van der Waals surface area contributed by atoms with Gasteiger partial charge in [-0.2, -0.15) is 0 Å². The van der Waals surface area contributed by atoms with Gasteiger partial charge in [0, 0.05) is 79.6 Å². The number of hydrogen-bond acceptors (Lipinski definition) is 6. The van der Waals surface area contributed by atoms with Gasteiger partial charge in [0.1, 0.15) is 36.9 Å². The predicted octanol–water partition coefficient (Wildman–Crippen LogP) is 5.01. The van der Waals surface area contributed by atoms with Crippen LogP contribution in [0.5, 0.6) is 11.5 Å². The molecule has 206 valence electrons. The van der Waals surface area contributed by atoms with Crippen LogP contribution < -0.4 is 29.2 Å². The predicted molar refractivity (Wildman–Crippen MR) is 158 cm³/mol. The van der Waals surface area contributed by atoms with Gasteiger partial charge in [0.15, 0.2) is 0 Å². The van der Waals surface area contributed by atoms with Gasteiger partial charge >= 0.3 is 5.97 Å². The van der Waals surface area contributed by atoms with Gasteiger partial charge in [-0.25, -0.2) is 4.58 Å². The topological polar surface area (TPSA) is 78.4 Å². The molecule has 8 heteroatoms. The van der Waals surface area contributed by atoms with Crippen LogP contribution in [0.1, 0.15) is 19.8 Å². The van der Waals surface area contributed by atoms with Crippen LogP contribution in [0.2, 0.25) is 0 Å². The van der Waals surface area contributed by atoms with Gasteiger partial charge in [-0.05, 0) is 37.6 Å². The Morgan fingerprint density at radius 3 is 2.33 bits per heavy atom. The Bertz CT molecular complexity index is 1540. The molecular weight excluding hydrogens is 494 g/mol. The fraction of sp³-hybridized carbons (Fsp3) is 0.355. The summed E-state index contributed by atoms with van der Waals surface area (Å²) >= 11 is 0.